The van der Waals surface area contributed by atoms with Gasteiger partial charge in [-0.2, -0.15) is 15.6 Å². The van der Waals surface area contributed by atoms with Crippen LogP contribution in [0.4, 0.5) is 0 Å². The summed E-state index contributed by atoms with van der Waals surface area (Å²) in [6.45, 7) is 4.20. The molecule has 0 fully saturated rings. The second-order valence-corrected chi connectivity index (χ2v) is 10.8. The molecule has 0 aromatic heterocycles. The number of fused-ring (bicyclic) bond motifs is 3. The van der Waals surface area contributed by atoms with E-state index in [1.165, 1.54) is 34.3 Å². The zero-order valence-corrected chi connectivity index (χ0v) is 21.3. The fourth-order valence-electron chi connectivity index (χ4n) is 7.05. The van der Waals surface area contributed by atoms with E-state index in [1.807, 2.05) is 5.01 Å². The van der Waals surface area contributed by atoms with E-state index in [4.69, 9.17) is 5.10 Å². The van der Waals surface area contributed by atoms with Gasteiger partial charge in [0.1, 0.15) is 17.7 Å². The minimum atomic E-state index is -1.39. The van der Waals surface area contributed by atoms with Crippen molar-refractivity contribution in [3.63, 3.8) is 0 Å². The smallest absolute Gasteiger partial charge is 0.240 e. The zero-order valence-electron chi connectivity index (χ0n) is 21.3. The van der Waals surface area contributed by atoms with Gasteiger partial charge >= 0.3 is 0 Å². The van der Waals surface area contributed by atoms with Crippen LogP contribution >= 0.6 is 0 Å². The van der Waals surface area contributed by atoms with Crippen LogP contribution in [0.1, 0.15) is 80.0 Å². The molecule has 0 bridgehead atoms. The normalized spacial score (nSPS) is 24.7. The summed E-state index contributed by atoms with van der Waals surface area (Å²) in [5.74, 6) is 0. The lowest BCUT2D eigenvalue weighted by atomic mass is 9.71. The predicted molar refractivity (Wildman–Crippen MR) is 142 cm³/mol. The summed E-state index contributed by atoms with van der Waals surface area (Å²) in [4.78, 5) is 0. The van der Waals surface area contributed by atoms with E-state index in [2.05, 4.69) is 74.5 Å². The van der Waals surface area contributed by atoms with Gasteiger partial charge in [-0.1, -0.05) is 72.5 Å². The van der Waals surface area contributed by atoms with Gasteiger partial charge in [-0.3, -0.25) is 0 Å². The van der Waals surface area contributed by atoms with Gasteiger partial charge in [-0.25, -0.2) is 5.01 Å². The monoisotopic (exact) mass is 472 g/mol. The lowest BCUT2D eigenvalue weighted by Crippen LogP contribution is -2.54. The fraction of sp³-hybridized carbons (Fsp3) is 0.406. The molecule has 180 valence electrons. The molecule has 0 amide bonds. The molecular weight excluding hydrogens is 440 g/mol. The number of hydrogen-bond donors (Lipinski definition) is 0. The van der Waals surface area contributed by atoms with Crippen LogP contribution in [0.15, 0.2) is 75.9 Å². The maximum atomic E-state index is 10.8. The Morgan fingerprint density at radius 3 is 1.92 bits per heavy atom. The van der Waals surface area contributed by atoms with Crippen LogP contribution in [0, 0.1) is 36.5 Å². The van der Waals surface area contributed by atoms with Gasteiger partial charge in [0.15, 0.2) is 0 Å². The molecule has 1 unspecified atom stereocenters. The van der Waals surface area contributed by atoms with Crippen LogP contribution < -0.4 is 0 Å². The molecule has 4 aliphatic rings. The van der Waals surface area contributed by atoms with Crippen molar-refractivity contribution in [3.05, 3.63) is 93.1 Å². The number of hydrazone groups is 1. The Morgan fingerprint density at radius 2 is 1.28 bits per heavy atom. The molecule has 2 aliphatic heterocycles. The molecule has 4 heteroatoms. The van der Waals surface area contributed by atoms with E-state index in [-0.39, 0.29) is 0 Å². The summed E-state index contributed by atoms with van der Waals surface area (Å²) in [5, 5.41) is 28.8. The van der Waals surface area contributed by atoms with E-state index in [1.54, 1.807) is 0 Å². The highest BCUT2D eigenvalue weighted by Gasteiger charge is 2.65. The first-order valence-electron chi connectivity index (χ1n) is 13.4. The van der Waals surface area contributed by atoms with Crippen LogP contribution in [-0.4, -0.2) is 16.3 Å². The van der Waals surface area contributed by atoms with Gasteiger partial charge in [0, 0.05) is 5.56 Å². The number of hydrogen-bond acceptors (Lipinski definition) is 4. The Hall–Kier alpha value is -3.63. The van der Waals surface area contributed by atoms with Gasteiger partial charge < -0.3 is 0 Å². The first kappa shape index (κ1) is 22.8. The topological polar surface area (TPSA) is 63.2 Å². The zero-order chi connectivity index (χ0) is 24.9. The molecular formula is C32H32N4. The third-order valence-electron chi connectivity index (χ3n) is 8.74. The number of nitriles is 2. The number of aryl methyl sites for hydroxylation is 2. The summed E-state index contributed by atoms with van der Waals surface area (Å²) in [5.41, 5.74) is 8.49. The highest BCUT2D eigenvalue weighted by Crippen LogP contribution is 2.62. The Labute approximate surface area is 214 Å². The summed E-state index contributed by atoms with van der Waals surface area (Å²) < 4.78 is 0. The highest BCUT2D eigenvalue weighted by atomic mass is 15.6. The first-order valence-corrected chi connectivity index (χ1v) is 13.4. The largest absolute Gasteiger partial charge is 0.252 e. The van der Waals surface area contributed by atoms with Crippen molar-refractivity contribution in [2.24, 2.45) is 5.10 Å². The Bertz CT molecular complexity index is 1380. The van der Waals surface area contributed by atoms with Crippen LogP contribution in [0.2, 0.25) is 0 Å². The molecule has 0 spiro atoms. The fourth-order valence-corrected chi connectivity index (χ4v) is 7.05. The molecule has 2 aromatic carbocycles. The molecule has 0 saturated carbocycles. The molecule has 6 rings (SSSR count). The minimum absolute atomic E-state index is 0.647. The molecule has 0 saturated heterocycles. The summed E-state index contributed by atoms with van der Waals surface area (Å²) in [6, 6.07) is 22.3. The van der Waals surface area contributed by atoms with Crippen LogP contribution in [-0.2, 0) is 5.54 Å². The van der Waals surface area contributed by atoms with Crippen molar-refractivity contribution in [2.75, 3.05) is 0 Å². The third kappa shape index (κ3) is 3.00. The van der Waals surface area contributed by atoms with Crippen molar-refractivity contribution in [1.29, 1.82) is 10.5 Å². The number of benzene rings is 2. The van der Waals surface area contributed by atoms with E-state index in [9.17, 15) is 10.5 Å². The van der Waals surface area contributed by atoms with Crippen molar-refractivity contribution < 1.29 is 0 Å². The van der Waals surface area contributed by atoms with Gasteiger partial charge in [0.05, 0.1) is 5.71 Å². The maximum Gasteiger partial charge on any atom is 0.252 e. The van der Waals surface area contributed by atoms with Gasteiger partial charge in [0.2, 0.25) is 0 Å². The standard InChI is InChI=1S/C32H32N4/c1-22-12-16-24(17-13-22)30-26-8-7-11-27(26)32(25-18-14-23(2)15-19-25)29-10-6-4-3-5-9-28(29)31(20-33,21-34)36(32)35-30/h12-19H,3-11H2,1-2H3. The van der Waals surface area contributed by atoms with Crippen molar-refractivity contribution in [1.82, 2.24) is 5.01 Å². The Kier molecular flexibility index (Phi) is 5.38. The molecule has 1 atom stereocenters. The van der Waals surface area contributed by atoms with Gasteiger partial charge in [-0.15, -0.1) is 0 Å². The summed E-state index contributed by atoms with van der Waals surface area (Å²) >= 11 is 0. The first-order chi connectivity index (χ1) is 17.6. The van der Waals surface area contributed by atoms with Crippen molar-refractivity contribution in [3.8, 4) is 12.1 Å². The number of rotatable bonds is 2. The molecule has 0 radical (unpaired) electrons. The lowest BCUT2D eigenvalue weighted by molar-refractivity contribution is 0.124. The molecule has 0 N–H and O–H groups in total. The SMILES string of the molecule is Cc1ccc(C2=NN3C(C#N)(C#N)C4=C(CCCCCC4)C3(c3ccc(C)cc3)C3=C2CCC3)cc1. The van der Waals surface area contributed by atoms with E-state index < -0.39 is 11.1 Å². The van der Waals surface area contributed by atoms with E-state index >= 15 is 0 Å². The van der Waals surface area contributed by atoms with Crippen LogP contribution in [0.5, 0.6) is 0 Å². The predicted octanol–water partition coefficient (Wildman–Crippen LogP) is 7.15. The van der Waals surface area contributed by atoms with Crippen molar-refractivity contribution >= 4 is 5.71 Å². The number of nitrogens with zero attached hydrogens (tertiary/aromatic N) is 4. The van der Waals surface area contributed by atoms with E-state index in [0.29, 0.717) is 0 Å². The average Bonchev–Trinajstić information content (AvgIpc) is 3.45. The Morgan fingerprint density at radius 1 is 0.694 bits per heavy atom. The average molecular weight is 473 g/mol. The molecule has 4 nitrogen and oxygen atoms in total. The van der Waals surface area contributed by atoms with E-state index in [0.717, 1.165) is 73.8 Å². The van der Waals surface area contributed by atoms with Crippen LogP contribution in [0.3, 0.4) is 0 Å². The molecule has 2 aliphatic carbocycles. The Balaban J connectivity index is 1.70. The highest BCUT2D eigenvalue weighted by molar-refractivity contribution is 6.14. The summed E-state index contributed by atoms with van der Waals surface area (Å²) in [7, 11) is 0. The third-order valence-corrected chi connectivity index (χ3v) is 8.74. The number of allylic oxidation sites excluding steroid dienone is 1. The van der Waals surface area contributed by atoms with Crippen LogP contribution in [0.25, 0.3) is 0 Å². The van der Waals surface area contributed by atoms with Gasteiger partial charge in [0.25, 0.3) is 5.54 Å². The quantitative estimate of drug-likeness (QED) is 0.436. The molecule has 2 heterocycles. The van der Waals surface area contributed by atoms with Gasteiger partial charge in [-0.05, 0) is 86.6 Å². The second kappa shape index (κ2) is 8.49. The maximum absolute atomic E-state index is 10.8. The van der Waals surface area contributed by atoms with Crippen molar-refractivity contribution in [2.45, 2.75) is 82.7 Å². The molecule has 36 heavy (non-hydrogen) atoms. The minimum Gasteiger partial charge on any atom is -0.240 e. The molecule has 2 aromatic rings. The summed E-state index contributed by atoms with van der Waals surface area (Å²) in [6.07, 6.45) is 9.17. The second-order valence-electron chi connectivity index (χ2n) is 10.8. The lowest BCUT2D eigenvalue weighted by Gasteiger charge is -2.47.